The summed E-state index contributed by atoms with van der Waals surface area (Å²) in [6.07, 6.45) is 35.2. The van der Waals surface area contributed by atoms with Crippen molar-refractivity contribution in [3.8, 4) is 0 Å². The number of phosphoric acid groups is 1. The van der Waals surface area contributed by atoms with E-state index in [0.29, 0.717) is 17.4 Å². The van der Waals surface area contributed by atoms with Gasteiger partial charge in [0.25, 0.3) is 0 Å². The van der Waals surface area contributed by atoms with Crippen molar-refractivity contribution in [3.05, 3.63) is 24.3 Å². The molecule has 0 aliphatic rings. The highest BCUT2D eigenvalue weighted by Gasteiger charge is 2.27. The maximum absolute atomic E-state index is 12.8. The van der Waals surface area contributed by atoms with E-state index in [1.807, 2.05) is 27.2 Å². The molecule has 0 saturated carbocycles. The number of hydrogen-bond donors (Lipinski definition) is 3. The van der Waals surface area contributed by atoms with Gasteiger partial charge in [-0.05, 0) is 38.5 Å². The number of allylic oxidation sites excluding steroid dienone is 3. The monoisotopic (exact) mass is 702 g/mol. The first-order chi connectivity index (χ1) is 23.0. The van der Waals surface area contributed by atoms with Gasteiger partial charge in [-0.15, -0.1) is 0 Å². The smallest absolute Gasteiger partial charge is 0.387 e. The van der Waals surface area contributed by atoms with Crippen LogP contribution in [0.5, 0.6) is 0 Å². The first-order valence-electron chi connectivity index (χ1n) is 19.7. The average Bonchev–Trinajstić information content (AvgIpc) is 3.02. The molecule has 0 spiro atoms. The van der Waals surface area contributed by atoms with Crippen LogP contribution in [0, 0.1) is 0 Å². The fourth-order valence-corrected chi connectivity index (χ4v) is 6.17. The summed E-state index contributed by atoms with van der Waals surface area (Å²) >= 11 is 0. The number of aliphatic hydroxyl groups is 1. The minimum Gasteiger partial charge on any atom is -0.387 e. The maximum Gasteiger partial charge on any atom is 0.472 e. The summed E-state index contributed by atoms with van der Waals surface area (Å²) in [6, 6.07) is -0.845. The third-order valence-electron chi connectivity index (χ3n) is 8.67. The fourth-order valence-electron chi connectivity index (χ4n) is 5.43. The number of likely N-dealkylation sites (N-methyl/N-ethyl adjacent to an activating group) is 1. The van der Waals surface area contributed by atoms with Gasteiger partial charge in [0.05, 0.1) is 39.9 Å². The van der Waals surface area contributed by atoms with Crippen LogP contribution in [0.15, 0.2) is 24.3 Å². The second-order valence-corrected chi connectivity index (χ2v) is 16.1. The standard InChI is InChI=1S/C39H77N2O6P/c1-6-8-10-12-14-16-18-19-20-21-23-24-26-28-30-32-38(42)37(36-47-48(44,45)46-35-34-41(3,4)5)40-39(43)33-31-29-27-25-22-17-15-13-11-9-7-2/h13,15,30,32,37-38,42H,6-12,14,16-29,31,33-36H2,1-5H3,(H-,40,43,44,45)/p+1/b15-13-,32-30+. The van der Waals surface area contributed by atoms with Crippen LogP contribution in [0.1, 0.15) is 168 Å². The Morgan fingerprint density at radius 3 is 1.67 bits per heavy atom. The molecule has 48 heavy (non-hydrogen) atoms. The first kappa shape index (κ1) is 47.0. The molecule has 0 aromatic rings. The Balaban J connectivity index is 4.53. The van der Waals surface area contributed by atoms with Crippen LogP contribution < -0.4 is 5.32 Å². The highest BCUT2D eigenvalue weighted by molar-refractivity contribution is 7.47. The Bertz CT molecular complexity index is 845. The van der Waals surface area contributed by atoms with Gasteiger partial charge in [0, 0.05) is 6.42 Å². The van der Waals surface area contributed by atoms with Crippen LogP contribution in [-0.2, 0) is 18.4 Å². The molecule has 0 saturated heterocycles. The van der Waals surface area contributed by atoms with Gasteiger partial charge in [-0.2, -0.15) is 0 Å². The molecule has 0 radical (unpaired) electrons. The molecule has 9 heteroatoms. The predicted molar refractivity (Wildman–Crippen MR) is 203 cm³/mol. The Hall–Kier alpha value is -1.02. The zero-order valence-electron chi connectivity index (χ0n) is 32.0. The molecule has 3 N–H and O–H groups in total. The van der Waals surface area contributed by atoms with Crippen LogP contribution in [-0.4, -0.2) is 73.4 Å². The second-order valence-electron chi connectivity index (χ2n) is 14.7. The van der Waals surface area contributed by atoms with Crippen LogP contribution in [0.4, 0.5) is 0 Å². The summed E-state index contributed by atoms with van der Waals surface area (Å²) in [7, 11) is 1.56. The zero-order chi connectivity index (χ0) is 35.8. The number of nitrogens with one attached hydrogen (secondary N) is 1. The number of rotatable bonds is 35. The van der Waals surface area contributed by atoms with E-state index in [0.717, 1.165) is 51.4 Å². The van der Waals surface area contributed by atoms with E-state index in [1.165, 1.54) is 96.3 Å². The van der Waals surface area contributed by atoms with Gasteiger partial charge < -0.3 is 19.8 Å². The summed E-state index contributed by atoms with van der Waals surface area (Å²) in [5.41, 5.74) is 0. The molecule has 0 rings (SSSR count). The third-order valence-corrected chi connectivity index (χ3v) is 9.65. The topological polar surface area (TPSA) is 105 Å². The summed E-state index contributed by atoms with van der Waals surface area (Å²) in [4.78, 5) is 23.0. The molecule has 8 nitrogen and oxygen atoms in total. The van der Waals surface area contributed by atoms with Crippen molar-refractivity contribution in [2.75, 3.05) is 40.9 Å². The van der Waals surface area contributed by atoms with Crippen molar-refractivity contribution >= 4 is 13.7 Å². The molecule has 0 aromatic heterocycles. The number of phosphoric ester groups is 1. The SMILES string of the molecule is CCCC/C=C\CCCCCCCC(=O)NC(COP(=O)(O)OCC[N+](C)(C)C)C(O)/C=C/CCCCCCCCCCCCCCC. The second kappa shape index (κ2) is 31.9. The normalized spacial score (nSPS) is 14.9. The zero-order valence-corrected chi connectivity index (χ0v) is 32.9. The van der Waals surface area contributed by atoms with E-state index in [-0.39, 0.29) is 19.1 Å². The van der Waals surface area contributed by atoms with Crippen molar-refractivity contribution in [1.82, 2.24) is 5.32 Å². The summed E-state index contributed by atoms with van der Waals surface area (Å²) in [5, 5.41) is 13.7. The number of hydrogen-bond acceptors (Lipinski definition) is 5. The fraction of sp³-hybridized carbons (Fsp3) is 0.872. The Kier molecular flexibility index (Phi) is 31.2. The largest absolute Gasteiger partial charge is 0.472 e. The molecule has 0 bridgehead atoms. The molecule has 3 atom stereocenters. The van der Waals surface area contributed by atoms with Crippen molar-refractivity contribution in [2.24, 2.45) is 0 Å². The first-order valence-corrected chi connectivity index (χ1v) is 21.2. The number of amides is 1. The lowest BCUT2D eigenvalue weighted by Crippen LogP contribution is -2.45. The molecule has 0 aliphatic heterocycles. The lowest BCUT2D eigenvalue weighted by Gasteiger charge is -2.25. The molecule has 0 fully saturated rings. The lowest BCUT2D eigenvalue weighted by molar-refractivity contribution is -0.870. The van der Waals surface area contributed by atoms with Crippen molar-refractivity contribution in [2.45, 2.75) is 180 Å². The quantitative estimate of drug-likeness (QED) is 0.0263. The molecule has 284 valence electrons. The lowest BCUT2D eigenvalue weighted by atomic mass is 10.0. The summed E-state index contributed by atoms with van der Waals surface area (Å²) in [6.45, 7) is 4.75. The number of carbonyl (C=O) groups is 1. The number of nitrogens with zero attached hydrogens (tertiary/aromatic N) is 1. The van der Waals surface area contributed by atoms with E-state index in [1.54, 1.807) is 6.08 Å². The van der Waals surface area contributed by atoms with Gasteiger partial charge in [0.1, 0.15) is 13.2 Å². The van der Waals surface area contributed by atoms with Gasteiger partial charge in [0.2, 0.25) is 5.91 Å². The predicted octanol–water partition coefficient (Wildman–Crippen LogP) is 10.2. The molecule has 0 heterocycles. The summed E-state index contributed by atoms with van der Waals surface area (Å²) < 4.78 is 23.4. The van der Waals surface area contributed by atoms with Crippen LogP contribution in [0.3, 0.4) is 0 Å². The van der Waals surface area contributed by atoms with E-state index in [4.69, 9.17) is 9.05 Å². The van der Waals surface area contributed by atoms with E-state index < -0.39 is 20.0 Å². The van der Waals surface area contributed by atoms with Crippen LogP contribution in [0.2, 0.25) is 0 Å². The maximum atomic E-state index is 12.8. The van der Waals surface area contributed by atoms with E-state index in [9.17, 15) is 19.4 Å². The van der Waals surface area contributed by atoms with Crippen molar-refractivity contribution in [1.29, 1.82) is 0 Å². The number of quaternary nitrogens is 1. The molecule has 1 amide bonds. The summed E-state index contributed by atoms with van der Waals surface area (Å²) in [5.74, 6) is -0.190. The van der Waals surface area contributed by atoms with E-state index in [2.05, 4.69) is 31.3 Å². The highest BCUT2D eigenvalue weighted by atomic mass is 31.2. The molecule has 0 aliphatic carbocycles. The number of carbonyl (C=O) groups excluding carboxylic acids is 1. The average molecular weight is 702 g/mol. The Morgan fingerprint density at radius 1 is 0.688 bits per heavy atom. The van der Waals surface area contributed by atoms with Crippen molar-refractivity contribution in [3.63, 3.8) is 0 Å². The third kappa shape index (κ3) is 33.5. The molecular formula is C39H78N2O6P+. The Morgan fingerprint density at radius 2 is 1.15 bits per heavy atom. The van der Waals surface area contributed by atoms with E-state index >= 15 is 0 Å². The number of unbranched alkanes of at least 4 members (excludes halogenated alkanes) is 20. The van der Waals surface area contributed by atoms with Gasteiger partial charge in [-0.25, -0.2) is 4.57 Å². The van der Waals surface area contributed by atoms with Gasteiger partial charge in [-0.1, -0.05) is 147 Å². The van der Waals surface area contributed by atoms with Crippen LogP contribution >= 0.6 is 7.82 Å². The van der Waals surface area contributed by atoms with Gasteiger partial charge in [0.15, 0.2) is 0 Å². The molecule has 0 aromatic carbocycles. The highest BCUT2D eigenvalue weighted by Crippen LogP contribution is 2.43. The van der Waals surface area contributed by atoms with Crippen LogP contribution in [0.25, 0.3) is 0 Å². The minimum atomic E-state index is -4.33. The van der Waals surface area contributed by atoms with Gasteiger partial charge in [-0.3, -0.25) is 13.8 Å². The van der Waals surface area contributed by atoms with Gasteiger partial charge >= 0.3 is 7.82 Å². The minimum absolute atomic E-state index is 0.0605. The molecular weight excluding hydrogens is 623 g/mol. The molecule has 3 unspecified atom stereocenters. The van der Waals surface area contributed by atoms with Crippen molar-refractivity contribution < 1.29 is 32.9 Å². The number of aliphatic hydroxyl groups excluding tert-OH is 1. The Labute approximate surface area is 296 Å².